The summed E-state index contributed by atoms with van der Waals surface area (Å²) in [6, 6.07) is 7.02. The highest BCUT2D eigenvalue weighted by Gasteiger charge is 2.40. The Bertz CT molecular complexity index is 790. The minimum absolute atomic E-state index is 0.0179. The second-order valence-corrected chi connectivity index (χ2v) is 7.48. The third-order valence-corrected chi connectivity index (χ3v) is 5.65. The van der Waals surface area contributed by atoms with E-state index in [2.05, 4.69) is 10.2 Å². The topological polar surface area (TPSA) is 79.0 Å². The number of carbonyl (C=O) groups is 3. The number of morpholine rings is 1. The normalized spacial score (nSPS) is 23.3. The van der Waals surface area contributed by atoms with Gasteiger partial charge in [0, 0.05) is 24.8 Å². The highest BCUT2D eigenvalue weighted by Crippen LogP contribution is 2.26. The summed E-state index contributed by atoms with van der Waals surface area (Å²) in [6.07, 6.45) is 6.29. The maximum absolute atomic E-state index is 12.9. The third-order valence-electron chi connectivity index (χ3n) is 5.65. The Hall–Kier alpha value is -2.67. The van der Waals surface area contributed by atoms with E-state index < -0.39 is 17.8 Å². The molecule has 0 atom stereocenters. The first kappa shape index (κ1) is 18.7. The molecular weight excluding hydrogens is 358 g/mol. The highest BCUT2D eigenvalue weighted by atomic mass is 16.5. The molecule has 148 valence electrons. The van der Waals surface area contributed by atoms with E-state index in [0.29, 0.717) is 13.2 Å². The number of imide groups is 2. The van der Waals surface area contributed by atoms with Gasteiger partial charge in [0.2, 0.25) is 0 Å². The molecule has 1 aromatic carbocycles. The second kappa shape index (κ2) is 8.14. The van der Waals surface area contributed by atoms with Gasteiger partial charge in [0.05, 0.1) is 13.2 Å². The lowest BCUT2D eigenvalue weighted by molar-refractivity contribution is -0.132. The van der Waals surface area contributed by atoms with Crippen LogP contribution in [-0.4, -0.2) is 55.1 Å². The largest absolute Gasteiger partial charge is 0.378 e. The Morgan fingerprint density at radius 2 is 1.64 bits per heavy atom. The molecule has 0 aromatic heterocycles. The second-order valence-electron chi connectivity index (χ2n) is 7.48. The number of nitrogens with one attached hydrogen (secondary N) is 1. The molecule has 7 heteroatoms. The number of ether oxygens (including phenoxy) is 1. The summed E-state index contributed by atoms with van der Waals surface area (Å²) in [4.78, 5) is 41.0. The molecule has 2 heterocycles. The van der Waals surface area contributed by atoms with Crippen molar-refractivity contribution in [2.75, 3.05) is 31.2 Å². The first-order chi connectivity index (χ1) is 13.6. The highest BCUT2D eigenvalue weighted by molar-refractivity contribution is 6.31. The van der Waals surface area contributed by atoms with Crippen LogP contribution in [0.2, 0.25) is 0 Å². The van der Waals surface area contributed by atoms with Crippen molar-refractivity contribution in [1.29, 1.82) is 0 Å². The molecule has 0 radical (unpaired) electrons. The van der Waals surface area contributed by atoms with Crippen molar-refractivity contribution in [2.45, 2.75) is 38.1 Å². The van der Waals surface area contributed by atoms with Crippen molar-refractivity contribution in [1.82, 2.24) is 10.2 Å². The molecule has 0 spiro atoms. The monoisotopic (exact) mass is 383 g/mol. The van der Waals surface area contributed by atoms with Crippen molar-refractivity contribution < 1.29 is 19.1 Å². The van der Waals surface area contributed by atoms with Crippen LogP contribution in [0.1, 0.15) is 37.7 Å². The number of anilines is 1. The SMILES string of the molecule is O=C1NC(=O)N(C2CCCCC2)C(=O)C1=Cc1ccc(N2CCOCC2)cc1. The number of benzene rings is 1. The number of hydrogen-bond acceptors (Lipinski definition) is 5. The van der Waals surface area contributed by atoms with Gasteiger partial charge in [-0.25, -0.2) is 4.79 Å². The lowest BCUT2D eigenvalue weighted by Crippen LogP contribution is -2.58. The number of nitrogens with zero attached hydrogens (tertiary/aromatic N) is 2. The Kier molecular flexibility index (Phi) is 5.43. The number of hydrogen-bond donors (Lipinski definition) is 1. The average Bonchev–Trinajstić information content (AvgIpc) is 2.73. The van der Waals surface area contributed by atoms with Crippen LogP contribution in [-0.2, 0) is 14.3 Å². The fourth-order valence-corrected chi connectivity index (χ4v) is 4.11. The Morgan fingerprint density at radius 3 is 2.32 bits per heavy atom. The summed E-state index contributed by atoms with van der Waals surface area (Å²) in [6.45, 7) is 3.12. The van der Waals surface area contributed by atoms with E-state index in [0.717, 1.165) is 56.4 Å². The molecule has 1 aliphatic carbocycles. The average molecular weight is 383 g/mol. The number of amides is 4. The van der Waals surface area contributed by atoms with Crippen LogP contribution < -0.4 is 10.2 Å². The van der Waals surface area contributed by atoms with Gasteiger partial charge in [0.15, 0.2) is 0 Å². The van der Waals surface area contributed by atoms with Gasteiger partial charge >= 0.3 is 6.03 Å². The van der Waals surface area contributed by atoms with E-state index in [9.17, 15) is 14.4 Å². The van der Waals surface area contributed by atoms with Crippen LogP contribution in [0.4, 0.5) is 10.5 Å². The molecular formula is C21H25N3O4. The minimum atomic E-state index is -0.626. The molecule has 28 heavy (non-hydrogen) atoms. The van der Waals surface area contributed by atoms with Gasteiger partial charge in [-0.1, -0.05) is 31.4 Å². The molecule has 2 aliphatic heterocycles. The minimum Gasteiger partial charge on any atom is -0.378 e. The van der Waals surface area contributed by atoms with Crippen molar-refractivity contribution >= 4 is 29.6 Å². The summed E-state index contributed by atoms with van der Waals surface area (Å²) in [5.41, 5.74) is 1.86. The van der Waals surface area contributed by atoms with Crippen LogP contribution in [0.15, 0.2) is 29.8 Å². The lowest BCUT2D eigenvalue weighted by Gasteiger charge is -2.35. The molecule has 0 bridgehead atoms. The summed E-state index contributed by atoms with van der Waals surface area (Å²) in [5, 5.41) is 2.33. The third kappa shape index (κ3) is 3.80. The number of barbiturate groups is 1. The molecule has 3 fully saturated rings. The molecule has 7 nitrogen and oxygen atoms in total. The summed E-state index contributed by atoms with van der Waals surface area (Å²) in [5.74, 6) is -1.11. The summed E-state index contributed by atoms with van der Waals surface area (Å²) < 4.78 is 5.37. The van der Waals surface area contributed by atoms with Gasteiger partial charge in [0.25, 0.3) is 11.8 Å². The maximum Gasteiger partial charge on any atom is 0.331 e. The Morgan fingerprint density at radius 1 is 0.964 bits per heavy atom. The van der Waals surface area contributed by atoms with E-state index >= 15 is 0 Å². The fraction of sp³-hybridized carbons (Fsp3) is 0.476. The predicted octanol–water partition coefficient (Wildman–Crippen LogP) is 2.32. The fourth-order valence-electron chi connectivity index (χ4n) is 4.11. The molecule has 1 aromatic rings. The zero-order valence-electron chi connectivity index (χ0n) is 15.9. The predicted molar refractivity (Wildman–Crippen MR) is 105 cm³/mol. The van der Waals surface area contributed by atoms with Gasteiger partial charge in [-0.15, -0.1) is 0 Å². The molecule has 1 N–H and O–H groups in total. The Labute approximate surface area is 164 Å². The smallest absolute Gasteiger partial charge is 0.331 e. The summed E-state index contributed by atoms with van der Waals surface area (Å²) >= 11 is 0. The lowest BCUT2D eigenvalue weighted by atomic mass is 9.93. The van der Waals surface area contributed by atoms with Gasteiger partial charge in [0.1, 0.15) is 5.57 Å². The summed E-state index contributed by atoms with van der Waals surface area (Å²) in [7, 11) is 0. The number of carbonyl (C=O) groups excluding carboxylic acids is 3. The van der Waals surface area contributed by atoms with Crippen molar-refractivity contribution in [3.05, 3.63) is 35.4 Å². The van der Waals surface area contributed by atoms with Crippen molar-refractivity contribution in [2.24, 2.45) is 0 Å². The standard InChI is InChI=1S/C21H25N3O4/c25-19-18(20(26)24(21(27)22-19)17-4-2-1-3-5-17)14-15-6-8-16(9-7-15)23-10-12-28-13-11-23/h6-9,14,17H,1-5,10-13H2,(H,22,25,27). The molecule has 4 rings (SSSR count). The molecule has 1 saturated carbocycles. The quantitative estimate of drug-likeness (QED) is 0.640. The van der Waals surface area contributed by atoms with Crippen LogP contribution in [0.5, 0.6) is 0 Å². The van der Waals surface area contributed by atoms with Crippen LogP contribution in [0.3, 0.4) is 0 Å². The van der Waals surface area contributed by atoms with E-state index in [-0.39, 0.29) is 11.6 Å². The van der Waals surface area contributed by atoms with Crippen LogP contribution in [0.25, 0.3) is 6.08 Å². The van der Waals surface area contributed by atoms with Gasteiger partial charge in [-0.3, -0.25) is 19.8 Å². The zero-order chi connectivity index (χ0) is 19.5. The van der Waals surface area contributed by atoms with E-state index in [1.165, 1.54) is 4.90 Å². The Balaban J connectivity index is 1.54. The number of urea groups is 1. The first-order valence-electron chi connectivity index (χ1n) is 9.97. The maximum atomic E-state index is 12.9. The first-order valence-corrected chi connectivity index (χ1v) is 9.97. The zero-order valence-corrected chi connectivity index (χ0v) is 15.9. The van der Waals surface area contributed by atoms with Crippen LogP contribution in [0, 0.1) is 0 Å². The molecule has 3 aliphatic rings. The van der Waals surface area contributed by atoms with E-state index in [1.807, 2.05) is 24.3 Å². The van der Waals surface area contributed by atoms with E-state index in [4.69, 9.17) is 4.74 Å². The van der Waals surface area contributed by atoms with Gasteiger partial charge < -0.3 is 9.64 Å². The van der Waals surface area contributed by atoms with Crippen molar-refractivity contribution in [3.8, 4) is 0 Å². The van der Waals surface area contributed by atoms with Gasteiger partial charge in [-0.2, -0.15) is 0 Å². The van der Waals surface area contributed by atoms with Gasteiger partial charge in [-0.05, 0) is 36.6 Å². The molecule has 0 unspecified atom stereocenters. The molecule has 4 amide bonds. The van der Waals surface area contributed by atoms with E-state index in [1.54, 1.807) is 6.08 Å². The van der Waals surface area contributed by atoms with Crippen LogP contribution >= 0.6 is 0 Å². The van der Waals surface area contributed by atoms with Crippen molar-refractivity contribution in [3.63, 3.8) is 0 Å². The number of rotatable bonds is 3. The molecule has 2 saturated heterocycles.